The number of nitrogens with zero attached hydrogens (tertiary/aromatic N) is 1. The van der Waals surface area contributed by atoms with Gasteiger partial charge < -0.3 is 15.4 Å². The van der Waals surface area contributed by atoms with E-state index in [1.54, 1.807) is 0 Å². The van der Waals surface area contributed by atoms with Gasteiger partial charge in [-0.2, -0.15) is 4.31 Å². The highest BCUT2D eigenvalue weighted by Crippen LogP contribution is 2.17. The number of carbonyl (C=O) groups excluding carboxylic acids is 3. The number of rotatable bonds is 7. The number of esters is 1. The summed E-state index contributed by atoms with van der Waals surface area (Å²) in [6.07, 6.45) is 0. The highest BCUT2D eigenvalue weighted by Gasteiger charge is 2.23. The Bertz CT molecular complexity index is 715. The van der Waals surface area contributed by atoms with E-state index in [9.17, 15) is 22.8 Å². The van der Waals surface area contributed by atoms with Crippen molar-refractivity contribution in [3.8, 4) is 0 Å². The molecule has 1 aromatic rings. The second-order valence-corrected chi connectivity index (χ2v) is 6.86. The van der Waals surface area contributed by atoms with Crippen molar-refractivity contribution >= 4 is 33.5 Å². The van der Waals surface area contributed by atoms with E-state index in [2.05, 4.69) is 15.4 Å². The zero-order valence-electron chi connectivity index (χ0n) is 13.5. The molecule has 9 nitrogen and oxygen atoms in total. The van der Waals surface area contributed by atoms with Crippen LogP contribution in [0.4, 0.5) is 5.69 Å². The average Bonchev–Trinajstić information content (AvgIpc) is 2.52. The molecule has 24 heavy (non-hydrogen) atoms. The van der Waals surface area contributed by atoms with Crippen molar-refractivity contribution in [1.82, 2.24) is 9.62 Å². The molecule has 2 amide bonds. The average molecular weight is 357 g/mol. The lowest BCUT2D eigenvalue weighted by atomic mass is 10.3. The van der Waals surface area contributed by atoms with Crippen molar-refractivity contribution in [3.63, 3.8) is 0 Å². The summed E-state index contributed by atoms with van der Waals surface area (Å²) in [4.78, 5) is 33.5. The third-order valence-electron chi connectivity index (χ3n) is 2.91. The van der Waals surface area contributed by atoms with Gasteiger partial charge in [0.05, 0.1) is 18.6 Å². The number of sulfonamides is 1. The van der Waals surface area contributed by atoms with Crippen molar-refractivity contribution in [2.45, 2.75) is 11.8 Å². The molecule has 1 aromatic carbocycles. The van der Waals surface area contributed by atoms with Crippen LogP contribution in [0, 0.1) is 0 Å². The van der Waals surface area contributed by atoms with Crippen LogP contribution in [0.25, 0.3) is 0 Å². The second-order valence-electron chi connectivity index (χ2n) is 4.82. The van der Waals surface area contributed by atoms with E-state index in [4.69, 9.17) is 0 Å². The van der Waals surface area contributed by atoms with Crippen LogP contribution in [0.1, 0.15) is 6.92 Å². The molecule has 0 spiro atoms. The molecule has 0 saturated carbocycles. The van der Waals surface area contributed by atoms with E-state index in [-0.39, 0.29) is 17.3 Å². The summed E-state index contributed by atoms with van der Waals surface area (Å²) < 4.78 is 29.9. The number of hydrogen-bond acceptors (Lipinski definition) is 6. The molecule has 0 aliphatic carbocycles. The van der Waals surface area contributed by atoms with Crippen molar-refractivity contribution in [2.75, 3.05) is 32.6 Å². The lowest BCUT2D eigenvalue weighted by molar-refractivity contribution is -0.141. The minimum absolute atomic E-state index is 0.0279. The second kappa shape index (κ2) is 8.41. The Balaban J connectivity index is 2.74. The van der Waals surface area contributed by atoms with Crippen molar-refractivity contribution in [1.29, 1.82) is 0 Å². The van der Waals surface area contributed by atoms with Gasteiger partial charge in [0.25, 0.3) is 0 Å². The molecule has 1 rings (SSSR count). The van der Waals surface area contributed by atoms with Crippen LogP contribution >= 0.6 is 0 Å². The Kier molecular flexibility index (Phi) is 6.86. The summed E-state index contributed by atoms with van der Waals surface area (Å²) in [5.74, 6) is -1.55. The van der Waals surface area contributed by atoms with E-state index in [1.165, 1.54) is 45.3 Å². The van der Waals surface area contributed by atoms with Gasteiger partial charge in [0.15, 0.2) is 0 Å². The predicted molar refractivity (Wildman–Crippen MR) is 85.6 cm³/mol. The molecule has 0 bridgehead atoms. The maximum Gasteiger partial charge on any atom is 0.325 e. The molecule has 0 fully saturated rings. The van der Waals surface area contributed by atoms with Crippen LogP contribution < -0.4 is 10.6 Å². The first-order chi connectivity index (χ1) is 11.2. The maximum atomic E-state index is 12.4. The van der Waals surface area contributed by atoms with Gasteiger partial charge in [0.1, 0.15) is 6.54 Å². The van der Waals surface area contributed by atoms with Crippen LogP contribution in [-0.4, -0.2) is 57.8 Å². The summed E-state index contributed by atoms with van der Waals surface area (Å²) in [5, 5.41) is 4.77. The maximum absolute atomic E-state index is 12.4. The molecular formula is C14H19N3O6S. The fraction of sp³-hybridized carbons (Fsp3) is 0.357. The van der Waals surface area contributed by atoms with E-state index >= 15 is 0 Å². The van der Waals surface area contributed by atoms with E-state index in [0.29, 0.717) is 5.69 Å². The molecule has 132 valence electrons. The molecule has 0 atom stereocenters. The van der Waals surface area contributed by atoms with E-state index in [0.717, 1.165) is 4.31 Å². The zero-order valence-corrected chi connectivity index (χ0v) is 14.3. The summed E-state index contributed by atoms with van der Waals surface area (Å²) in [6, 6.07) is 5.53. The molecule has 0 aliphatic heterocycles. The van der Waals surface area contributed by atoms with Gasteiger partial charge in [-0.25, -0.2) is 8.42 Å². The first-order valence-electron chi connectivity index (χ1n) is 6.84. The van der Waals surface area contributed by atoms with Gasteiger partial charge in [-0.1, -0.05) is 0 Å². The Morgan fingerprint density at radius 2 is 1.75 bits per heavy atom. The third kappa shape index (κ3) is 5.63. The standard InChI is InChI=1S/C14H19N3O6S/c1-10(18)16-11-4-6-12(7-5-11)24(21,22)17(2)9-13(19)15-8-14(20)23-3/h4-7H,8-9H2,1-3H3,(H,15,19)(H,16,18). The summed E-state index contributed by atoms with van der Waals surface area (Å²) in [5.41, 5.74) is 0.458. The van der Waals surface area contributed by atoms with Crippen LogP contribution in [0.3, 0.4) is 0 Å². The minimum atomic E-state index is -3.88. The number of amides is 2. The van der Waals surface area contributed by atoms with Crippen molar-refractivity contribution in [3.05, 3.63) is 24.3 Å². The van der Waals surface area contributed by atoms with Crippen LogP contribution in [0.5, 0.6) is 0 Å². The first kappa shape index (κ1) is 19.6. The third-order valence-corrected chi connectivity index (χ3v) is 4.72. The first-order valence-corrected chi connectivity index (χ1v) is 8.28. The Hall–Kier alpha value is -2.46. The topological polar surface area (TPSA) is 122 Å². The van der Waals surface area contributed by atoms with Crippen LogP contribution in [-0.2, 0) is 29.1 Å². The van der Waals surface area contributed by atoms with Crippen LogP contribution in [0.15, 0.2) is 29.2 Å². The highest BCUT2D eigenvalue weighted by molar-refractivity contribution is 7.89. The molecule has 2 N–H and O–H groups in total. The molecular weight excluding hydrogens is 338 g/mol. The minimum Gasteiger partial charge on any atom is -0.468 e. The van der Waals surface area contributed by atoms with Crippen molar-refractivity contribution in [2.24, 2.45) is 0 Å². The van der Waals surface area contributed by atoms with E-state index < -0.39 is 28.4 Å². The van der Waals surface area contributed by atoms with Gasteiger partial charge in [-0.05, 0) is 24.3 Å². The molecule has 0 radical (unpaired) electrons. The molecule has 0 saturated heterocycles. The van der Waals surface area contributed by atoms with Crippen LogP contribution in [0.2, 0.25) is 0 Å². The normalized spacial score (nSPS) is 11.0. The van der Waals surface area contributed by atoms with E-state index in [1.807, 2.05) is 0 Å². The van der Waals surface area contributed by atoms with Crippen molar-refractivity contribution < 1.29 is 27.5 Å². The molecule has 10 heteroatoms. The number of ether oxygens (including phenoxy) is 1. The molecule has 0 unspecified atom stereocenters. The van der Waals surface area contributed by atoms with Gasteiger partial charge in [0.2, 0.25) is 21.8 Å². The molecule has 0 heterocycles. The number of nitrogens with one attached hydrogen (secondary N) is 2. The van der Waals surface area contributed by atoms with Gasteiger partial charge in [-0.3, -0.25) is 14.4 Å². The zero-order chi connectivity index (χ0) is 18.3. The number of methoxy groups -OCH3 is 1. The van der Waals surface area contributed by atoms with Gasteiger partial charge in [-0.15, -0.1) is 0 Å². The molecule has 0 aromatic heterocycles. The fourth-order valence-electron chi connectivity index (χ4n) is 1.68. The largest absolute Gasteiger partial charge is 0.468 e. The highest BCUT2D eigenvalue weighted by atomic mass is 32.2. The molecule has 0 aliphatic rings. The Morgan fingerprint density at radius 3 is 2.25 bits per heavy atom. The number of carbonyl (C=O) groups is 3. The lowest BCUT2D eigenvalue weighted by Crippen LogP contribution is -2.40. The number of hydrogen-bond donors (Lipinski definition) is 2. The smallest absolute Gasteiger partial charge is 0.325 e. The quantitative estimate of drug-likeness (QED) is 0.638. The number of likely N-dealkylation sites (N-methyl/N-ethyl adjacent to an activating group) is 1. The summed E-state index contributed by atoms with van der Waals surface area (Å²) in [6.45, 7) is 0.548. The number of anilines is 1. The summed E-state index contributed by atoms with van der Waals surface area (Å²) >= 11 is 0. The predicted octanol–water partition coefficient (Wildman–Crippen LogP) is -0.445. The lowest BCUT2D eigenvalue weighted by Gasteiger charge is -2.17. The fourth-order valence-corrected chi connectivity index (χ4v) is 2.81. The van der Waals surface area contributed by atoms with Gasteiger partial charge >= 0.3 is 5.97 Å². The Labute approximate surface area is 140 Å². The number of benzene rings is 1. The summed E-state index contributed by atoms with van der Waals surface area (Å²) in [7, 11) is -1.46. The monoisotopic (exact) mass is 357 g/mol. The Morgan fingerprint density at radius 1 is 1.17 bits per heavy atom. The SMILES string of the molecule is COC(=O)CNC(=O)CN(C)S(=O)(=O)c1ccc(NC(C)=O)cc1. The van der Waals surface area contributed by atoms with Gasteiger partial charge in [0, 0.05) is 19.7 Å².